The van der Waals surface area contributed by atoms with Crippen molar-refractivity contribution in [2.45, 2.75) is 6.92 Å². The van der Waals surface area contributed by atoms with Crippen LogP contribution in [0.1, 0.15) is 6.92 Å². The first-order valence-corrected chi connectivity index (χ1v) is 5.00. The SMILES string of the molecule is CC(=O)NC1=CN(c2ccc([N+](=O)[O-])o2)NN1C. The summed E-state index contributed by atoms with van der Waals surface area (Å²) >= 11 is 0. The number of hydrogen-bond acceptors (Lipinski definition) is 7. The highest BCUT2D eigenvalue weighted by atomic mass is 16.6. The number of carbonyl (C=O) groups is 1. The number of anilines is 1. The minimum absolute atomic E-state index is 0.220. The van der Waals surface area contributed by atoms with Crippen molar-refractivity contribution < 1.29 is 14.1 Å². The van der Waals surface area contributed by atoms with E-state index in [-0.39, 0.29) is 17.7 Å². The number of hydrazine groups is 2. The molecule has 1 aliphatic heterocycles. The molecule has 9 nitrogen and oxygen atoms in total. The highest BCUT2D eigenvalue weighted by molar-refractivity contribution is 5.75. The van der Waals surface area contributed by atoms with Gasteiger partial charge in [-0.1, -0.05) is 0 Å². The Morgan fingerprint density at radius 2 is 2.28 bits per heavy atom. The molecule has 1 aliphatic rings. The molecule has 9 heteroatoms. The molecule has 0 aromatic carbocycles. The van der Waals surface area contributed by atoms with Crippen LogP contribution in [0.5, 0.6) is 0 Å². The molecule has 0 spiro atoms. The predicted molar refractivity (Wildman–Crippen MR) is 60.6 cm³/mol. The van der Waals surface area contributed by atoms with Gasteiger partial charge in [-0.05, 0) is 0 Å². The number of carbonyl (C=O) groups excluding carboxylic acids is 1. The van der Waals surface area contributed by atoms with Crippen molar-refractivity contribution in [3.63, 3.8) is 0 Å². The molecule has 0 aliphatic carbocycles. The van der Waals surface area contributed by atoms with Gasteiger partial charge in [0.15, 0.2) is 0 Å². The van der Waals surface area contributed by atoms with E-state index in [9.17, 15) is 14.9 Å². The molecular formula is C9H11N5O4. The summed E-state index contributed by atoms with van der Waals surface area (Å²) in [5.41, 5.74) is 2.82. The van der Waals surface area contributed by atoms with E-state index in [1.165, 1.54) is 29.1 Å². The lowest BCUT2D eigenvalue weighted by atomic mass is 10.5. The van der Waals surface area contributed by atoms with Crippen molar-refractivity contribution in [1.29, 1.82) is 0 Å². The zero-order valence-electron chi connectivity index (χ0n) is 9.71. The van der Waals surface area contributed by atoms with E-state index in [1.807, 2.05) is 0 Å². The first kappa shape index (κ1) is 11.9. The molecule has 1 aromatic rings. The third kappa shape index (κ3) is 2.25. The summed E-state index contributed by atoms with van der Waals surface area (Å²) in [6.07, 6.45) is 1.55. The molecule has 2 heterocycles. The van der Waals surface area contributed by atoms with Crippen molar-refractivity contribution in [2.24, 2.45) is 0 Å². The number of rotatable bonds is 3. The fourth-order valence-electron chi connectivity index (χ4n) is 1.41. The lowest BCUT2D eigenvalue weighted by molar-refractivity contribution is -0.401. The molecule has 0 atom stereocenters. The smallest absolute Gasteiger partial charge is 0.383 e. The van der Waals surface area contributed by atoms with E-state index in [2.05, 4.69) is 10.9 Å². The maximum Gasteiger partial charge on any atom is 0.434 e. The topological polar surface area (TPSA) is 104 Å². The van der Waals surface area contributed by atoms with E-state index >= 15 is 0 Å². The van der Waals surface area contributed by atoms with E-state index < -0.39 is 4.92 Å². The van der Waals surface area contributed by atoms with Crippen LogP contribution in [0.3, 0.4) is 0 Å². The second kappa shape index (κ2) is 4.37. The molecule has 0 bridgehead atoms. The monoisotopic (exact) mass is 253 g/mol. The second-order valence-corrected chi connectivity index (χ2v) is 3.59. The average molecular weight is 253 g/mol. The van der Waals surface area contributed by atoms with Crippen molar-refractivity contribution in [2.75, 3.05) is 12.1 Å². The zero-order chi connectivity index (χ0) is 13.3. The van der Waals surface area contributed by atoms with Crippen molar-refractivity contribution >= 4 is 17.7 Å². The molecule has 0 unspecified atom stereocenters. The quantitative estimate of drug-likeness (QED) is 0.589. The second-order valence-electron chi connectivity index (χ2n) is 3.59. The Morgan fingerprint density at radius 3 is 2.83 bits per heavy atom. The summed E-state index contributed by atoms with van der Waals surface area (Å²) in [6, 6.07) is 2.70. The van der Waals surface area contributed by atoms with Crippen molar-refractivity contribution in [1.82, 2.24) is 15.9 Å². The zero-order valence-corrected chi connectivity index (χ0v) is 9.71. The summed E-state index contributed by atoms with van der Waals surface area (Å²) in [7, 11) is 1.68. The third-order valence-corrected chi connectivity index (χ3v) is 2.17. The van der Waals surface area contributed by atoms with Gasteiger partial charge in [-0.25, -0.2) is 5.01 Å². The van der Waals surface area contributed by atoms with Crippen LogP contribution in [-0.4, -0.2) is 22.9 Å². The van der Waals surface area contributed by atoms with Gasteiger partial charge in [-0.15, -0.1) is 5.53 Å². The Kier molecular flexibility index (Phi) is 2.90. The molecular weight excluding hydrogens is 242 g/mol. The van der Waals surface area contributed by atoms with Crippen LogP contribution in [0, 0.1) is 10.1 Å². The molecule has 0 saturated heterocycles. The van der Waals surface area contributed by atoms with Crippen LogP contribution in [-0.2, 0) is 4.79 Å². The van der Waals surface area contributed by atoms with Crippen LogP contribution >= 0.6 is 0 Å². The third-order valence-electron chi connectivity index (χ3n) is 2.17. The van der Waals surface area contributed by atoms with Crippen LogP contribution in [0.15, 0.2) is 28.6 Å². The fraction of sp³-hybridized carbons (Fsp3) is 0.222. The first-order chi connectivity index (χ1) is 8.47. The summed E-state index contributed by atoms with van der Waals surface area (Å²) in [5, 5.41) is 16.0. The fourth-order valence-corrected chi connectivity index (χ4v) is 1.41. The molecule has 0 radical (unpaired) electrons. The Labute approximate surface area is 102 Å². The first-order valence-electron chi connectivity index (χ1n) is 5.00. The molecule has 0 fully saturated rings. The van der Waals surface area contributed by atoms with Crippen molar-refractivity contribution in [3.8, 4) is 0 Å². The van der Waals surface area contributed by atoms with Gasteiger partial charge in [-0.2, -0.15) is 0 Å². The summed E-state index contributed by atoms with van der Waals surface area (Å²) in [6.45, 7) is 1.38. The number of nitrogens with zero attached hydrogens (tertiary/aromatic N) is 3. The molecule has 0 saturated carbocycles. The number of nitro groups is 1. The Hall–Kier alpha value is -2.55. The van der Waals surface area contributed by atoms with Gasteiger partial charge >= 0.3 is 5.88 Å². The lowest BCUT2D eigenvalue weighted by Crippen LogP contribution is -2.40. The van der Waals surface area contributed by atoms with Gasteiger partial charge < -0.3 is 9.73 Å². The Bertz CT molecular complexity index is 523. The molecule has 18 heavy (non-hydrogen) atoms. The molecule has 2 rings (SSSR count). The largest absolute Gasteiger partial charge is 0.434 e. The van der Waals surface area contributed by atoms with E-state index in [0.29, 0.717) is 5.82 Å². The van der Waals surface area contributed by atoms with Crippen LogP contribution in [0.25, 0.3) is 0 Å². The van der Waals surface area contributed by atoms with Crippen molar-refractivity contribution in [3.05, 3.63) is 34.3 Å². The number of amides is 1. The molecule has 1 amide bonds. The molecule has 2 N–H and O–H groups in total. The van der Waals surface area contributed by atoms with Crippen LogP contribution < -0.4 is 15.9 Å². The maximum absolute atomic E-state index is 10.9. The highest BCUT2D eigenvalue weighted by Crippen LogP contribution is 2.25. The minimum atomic E-state index is -0.623. The summed E-state index contributed by atoms with van der Waals surface area (Å²) < 4.78 is 5.01. The van der Waals surface area contributed by atoms with E-state index in [0.717, 1.165) is 0 Å². The maximum atomic E-state index is 10.9. The highest BCUT2D eigenvalue weighted by Gasteiger charge is 2.23. The number of hydrogen-bond donors (Lipinski definition) is 2. The van der Waals surface area contributed by atoms with Gasteiger partial charge in [0.1, 0.15) is 10.7 Å². The minimum Gasteiger partial charge on any atom is -0.383 e. The number of nitrogens with one attached hydrogen (secondary N) is 2. The van der Waals surface area contributed by atoms with Gasteiger partial charge in [0.2, 0.25) is 11.8 Å². The average Bonchev–Trinajstić information content (AvgIpc) is 2.85. The standard InChI is InChI=1S/C9H11N5O4/c1-6(15)10-7-5-13(11-12(7)2)8-3-4-9(18-8)14(16)17/h3-5,11H,1-2H3,(H,10,15). The van der Waals surface area contributed by atoms with E-state index in [1.54, 1.807) is 13.2 Å². The number of furan rings is 1. The molecule has 1 aromatic heterocycles. The van der Waals surface area contributed by atoms with Gasteiger partial charge in [0.05, 0.1) is 12.3 Å². The van der Waals surface area contributed by atoms with Gasteiger partial charge in [0.25, 0.3) is 0 Å². The van der Waals surface area contributed by atoms with Crippen LogP contribution in [0.2, 0.25) is 0 Å². The Morgan fingerprint density at radius 1 is 1.56 bits per heavy atom. The summed E-state index contributed by atoms with van der Waals surface area (Å²) in [4.78, 5) is 20.8. The van der Waals surface area contributed by atoms with Gasteiger partial charge in [0, 0.05) is 20.0 Å². The van der Waals surface area contributed by atoms with Crippen LogP contribution in [0.4, 0.5) is 11.8 Å². The van der Waals surface area contributed by atoms with E-state index in [4.69, 9.17) is 4.42 Å². The normalized spacial score (nSPS) is 14.7. The van der Waals surface area contributed by atoms with Gasteiger partial charge in [-0.3, -0.25) is 19.9 Å². The lowest BCUT2D eigenvalue weighted by Gasteiger charge is -2.18. The summed E-state index contributed by atoms with van der Waals surface area (Å²) in [5.74, 6) is 0.175. The Balaban J connectivity index is 2.17. The predicted octanol–water partition coefficient (Wildman–Crippen LogP) is 0.294. The molecule has 96 valence electrons.